The number of carbonyl (C=O) groups is 3. The summed E-state index contributed by atoms with van der Waals surface area (Å²) in [6.07, 6.45) is 4.40. The fourth-order valence-corrected chi connectivity index (χ4v) is 3.90. The van der Waals surface area contributed by atoms with Gasteiger partial charge in [0.1, 0.15) is 0 Å². The van der Waals surface area contributed by atoms with Crippen LogP contribution in [0.25, 0.3) is 0 Å². The molecule has 148 valence electrons. The van der Waals surface area contributed by atoms with Gasteiger partial charge in [-0.15, -0.1) is 11.3 Å². The molecule has 1 aliphatic carbocycles. The number of hydrogen-bond acceptors (Lipinski definition) is 5. The molecule has 0 spiro atoms. The highest BCUT2D eigenvalue weighted by Crippen LogP contribution is 2.23. The van der Waals surface area contributed by atoms with E-state index in [1.54, 1.807) is 30.3 Å². The Balaban J connectivity index is 1.46. The maximum absolute atomic E-state index is 12.1. The first-order valence-corrected chi connectivity index (χ1v) is 10.3. The molecule has 6 nitrogen and oxygen atoms in total. The second-order valence-corrected chi connectivity index (χ2v) is 7.97. The van der Waals surface area contributed by atoms with Crippen LogP contribution < -0.4 is 10.6 Å². The Labute approximate surface area is 168 Å². The first kappa shape index (κ1) is 20.1. The molecule has 1 fully saturated rings. The Morgan fingerprint density at radius 3 is 2.54 bits per heavy atom. The number of ether oxygens (including phenoxy) is 1. The molecule has 0 unspecified atom stereocenters. The molecule has 0 radical (unpaired) electrons. The largest absolute Gasteiger partial charge is 0.452 e. The normalized spacial score (nSPS) is 18.9. The van der Waals surface area contributed by atoms with Gasteiger partial charge in [-0.2, -0.15) is 0 Å². The number of thiophene rings is 1. The van der Waals surface area contributed by atoms with E-state index < -0.39 is 5.97 Å². The van der Waals surface area contributed by atoms with E-state index in [2.05, 4.69) is 17.6 Å². The average Bonchev–Trinajstić information content (AvgIpc) is 3.23. The number of nitrogens with one attached hydrogen (secondary N) is 2. The number of benzene rings is 1. The van der Waals surface area contributed by atoms with Gasteiger partial charge in [0.2, 0.25) is 0 Å². The summed E-state index contributed by atoms with van der Waals surface area (Å²) < 4.78 is 5.11. The summed E-state index contributed by atoms with van der Waals surface area (Å²) in [7, 11) is 0. The van der Waals surface area contributed by atoms with Crippen molar-refractivity contribution in [2.75, 3.05) is 11.9 Å². The number of rotatable bonds is 6. The third-order valence-electron chi connectivity index (χ3n) is 4.92. The van der Waals surface area contributed by atoms with E-state index in [-0.39, 0.29) is 24.5 Å². The van der Waals surface area contributed by atoms with Crippen molar-refractivity contribution in [3.05, 3.63) is 52.2 Å². The summed E-state index contributed by atoms with van der Waals surface area (Å²) in [5.41, 5.74) is 0.909. The maximum atomic E-state index is 12.1. The molecule has 1 saturated carbocycles. The monoisotopic (exact) mass is 400 g/mol. The van der Waals surface area contributed by atoms with Crippen LogP contribution >= 0.6 is 11.3 Å². The van der Waals surface area contributed by atoms with Crippen molar-refractivity contribution in [2.45, 2.75) is 38.6 Å². The van der Waals surface area contributed by atoms with Crippen molar-refractivity contribution in [1.29, 1.82) is 0 Å². The molecular formula is C21H24N2O4S. The average molecular weight is 401 g/mol. The molecule has 1 heterocycles. The van der Waals surface area contributed by atoms with Crippen molar-refractivity contribution in [3.8, 4) is 0 Å². The lowest BCUT2D eigenvalue weighted by molar-refractivity contribution is -0.125. The van der Waals surface area contributed by atoms with E-state index in [4.69, 9.17) is 4.74 Å². The molecule has 0 saturated heterocycles. The Kier molecular flexibility index (Phi) is 6.81. The molecule has 2 atom stereocenters. The highest BCUT2D eigenvalue weighted by Gasteiger charge is 2.23. The van der Waals surface area contributed by atoms with Gasteiger partial charge in [-0.05, 0) is 54.5 Å². The summed E-state index contributed by atoms with van der Waals surface area (Å²) in [6.45, 7) is 1.84. The van der Waals surface area contributed by atoms with Crippen LogP contribution in [0.2, 0.25) is 0 Å². The number of anilines is 1. The molecule has 1 aromatic carbocycles. The Bertz CT molecular complexity index is 817. The second kappa shape index (κ2) is 9.50. The van der Waals surface area contributed by atoms with E-state index in [0.29, 0.717) is 22.0 Å². The fraction of sp³-hybridized carbons (Fsp3) is 0.381. The predicted octanol–water partition coefficient (Wildman–Crippen LogP) is 3.85. The molecule has 1 aliphatic rings. The van der Waals surface area contributed by atoms with Gasteiger partial charge in [0.25, 0.3) is 11.8 Å². The minimum Gasteiger partial charge on any atom is -0.452 e. The van der Waals surface area contributed by atoms with Crippen LogP contribution in [0.15, 0.2) is 41.8 Å². The first-order valence-electron chi connectivity index (χ1n) is 9.44. The molecule has 3 rings (SSSR count). The van der Waals surface area contributed by atoms with Crippen LogP contribution in [0.5, 0.6) is 0 Å². The lowest BCUT2D eigenvalue weighted by Crippen LogP contribution is -2.42. The molecule has 2 N–H and O–H groups in total. The van der Waals surface area contributed by atoms with Gasteiger partial charge in [-0.1, -0.05) is 25.8 Å². The number of amides is 2. The number of carbonyl (C=O) groups excluding carboxylic acids is 3. The summed E-state index contributed by atoms with van der Waals surface area (Å²) in [5.74, 6) is -0.584. The van der Waals surface area contributed by atoms with Crippen LogP contribution in [-0.4, -0.2) is 30.4 Å². The minimum atomic E-state index is -0.567. The highest BCUT2D eigenvalue weighted by atomic mass is 32.1. The third-order valence-corrected chi connectivity index (χ3v) is 5.78. The quantitative estimate of drug-likeness (QED) is 0.722. The lowest BCUT2D eigenvalue weighted by Gasteiger charge is -2.29. The van der Waals surface area contributed by atoms with Crippen molar-refractivity contribution < 1.29 is 19.1 Å². The van der Waals surface area contributed by atoms with Crippen LogP contribution in [0.3, 0.4) is 0 Å². The standard InChI is InChI=1S/C21H24N2O4S/c1-14-5-2-3-6-17(14)23-19(24)13-27-21(26)15-8-10-16(11-9-15)22-20(25)18-7-4-12-28-18/h4,7-12,14,17H,2-3,5-6,13H2,1H3,(H,22,25)(H,23,24)/t14-,17-/m1/s1. The van der Waals surface area contributed by atoms with Crippen molar-refractivity contribution >= 4 is 34.8 Å². The van der Waals surface area contributed by atoms with Crippen molar-refractivity contribution in [2.24, 2.45) is 5.92 Å². The predicted molar refractivity (Wildman–Crippen MR) is 109 cm³/mol. The van der Waals surface area contributed by atoms with Gasteiger partial charge in [0.15, 0.2) is 6.61 Å². The van der Waals surface area contributed by atoms with E-state index in [1.807, 2.05) is 11.4 Å². The number of esters is 1. The van der Waals surface area contributed by atoms with Crippen LogP contribution in [0.4, 0.5) is 5.69 Å². The van der Waals surface area contributed by atoms with Crippen LogP contribution in [0, 0.1) is 5.92 Å². The molecule has 0 aliphatic heterocycles. The van der Waals surface area contributed by atoms with Gasteiger partial charge in [0.05, 0.1) is 10.4 Å². The van der Waals surface area contributed by atoms with E-state index >= 15 is 0 Å². The summed E-state index contributed by atoms with van der Waals surface area (Å²) in [6, 6.07) is 10.1. The molecule has 2 amide bonds. The maximum Gasteiger partial charge on any atom is 0.338 e. The Morgan fingerprint density at radius 1 is 1.11 bits per heavy atom. The Morgan fingerprint density at radius 2 is 1.86 bits per heavy atom. The van der Waals surface area contributed by atoms with E-state index in [9.17, 15) is 14.4 Å². The third kappa shape index (κ3) is 5.42. The van der Waals surface area contributed by atoms with Crippen molar-refractivity contribution in [3.63, 3.8) is 0 Å². The van der Waals surface area contributed by atoms with Gasteiger partial charge in [0, 0.05) is 11.7 Å². The second-order valence-electron chi connectivity index (χ2n) is 7.02. The summed E-state index contributed by atoms with van der Waals surface area (Å²) in [5, 5.41) is 7.55. The van der Waals surface area contributed by atoms with E-state index in [1.165, 1.54) is 17.8 Å². The van der Waals surface area contributed by atoms with Crippen LogP contribution in [0.1, 0.15) is 52.6 Å². The SMILES string of the molecule is C[C@@H]1CCCC[C@H]1NC(=O)COC(=O)c1ccc(NC(=O)c2cccs2)cc1. The fourth-order valence-electron chi connectivity index (χ4n) is 3.28. The molecule has 2 aromatic rings. The zero-order chi connectivity index (χ0) is 19.9. The Hall–Kier alpha value is -2.67. The molecule has 28 heavy (non-hydrogen) atoms. The van der Waals surface area contributed by atoms with Crippen molar-refractivity contribution in [1.82, 2.24) is 5.32 Å². The van der Waals surface area contributed by atoms with Gasteiger partial charge < -0.3 is 15.4 Å². The molecule has 0 bridgehead atoms. The van der Waals surface area contributed by atoms with Gasteiger partial charge >= 0.3 is 5.97 Å². The first-order chi connectivity index (χ1) is 13.5. The lowest BCUT2D eigenvalue weighted by atomic mass is 9.86. The smallest absolute Gasteiger partial charge is 0.338 e. The summed E-state index contributed by atoms with van der Waals surface area (Å²) >= 11 is 1.36. The molecule has 7 heteroatoms. The molecular weight excluding hydrogens is 376 g/mol. The zero-order valence-electron chi connectivity index (χ0n) is 15.8. The minimum absolute atomic E-state index is 0.159. The topological polar surface area (TPSA) is 84.5 Å². The summed E-state index contributed by atoms with van der Waals surface area (Å²) in [4.78, 5) is 36.8. The highest BCUT2D eigenvalue weighted by molar-refractivity contribution is 7.12. The van der Waals surface area contributed by atoms with E-state index in [0.717, 1.165) is 19.3 Å². The van der Waals surface area contributed by atoms with Crippen LogP contribution in [-0.2, 0) is 9.53 Å². The number of hydrogen-bond donors (Lipinski definition) is 2. The zero-order valence-corrected chi connectivity index (χ0v) is 16.6. The van der Waals surface area contributed by atoms with Gasteiger partial charge in [-0.3, -0.25) is 9.59 Å². The van der Waals surface area contributed by atoms with Gasteiger partial charge in [-0.25, -0.2) is 4.79 Å². The molecule has 1 aromatic heterocycles.